The molecular weight excluding hydrogens is 430 g/mol. The Morgan fingerprint density at radius 2 is 1.82 bits per heavy atom. The van der Waals surface area contributed by atoms with Crippen LogP contribution in [0, 0.1) is 10.1 Å². The Morgan fingerprint density at radius 1 is 1.04 bits per heavy atom. The second-order valence-electron chi connectivity index (χ2n) is 5.70. The largest absolute Gasteiger partial charge is 0.483 e. The molecule has 0 aromatic heterocycles. The SMILES string of the molecule is O=C(COc1ccc2ccccc2c1Br)NNC(=O)c1cccc([N+](=O)[O-])c1. The summed E-state index contributed by atoms with van der Waals surface area (Å²) in [5.74, 6) is -0.776. The van der Waals surface area contributed by atoms with Crippen LogP contribution in [-0.4, -0.2) is 23.3 Å². The molecule has 2 N–H and O–H groups in total. The fourth-order valence-electron chi connectivity index (χ4n) is 2.46. The van der Waals surface area contributed by atoms with Crippen LogP contribution in [0.25, 0.3) is 10.8 Å². The third-order valence-corrected chi connectivity index (χ3v) is 4.64. The third kappa shape index (κ3) is 4.44. The van der Waals surface area contributed by atoms with Crippen LogP contribution in [0.5, 0.6) is 5.75 Å². The minimum Gasteiger partial charge on any atom is -0.483 e. The second kappa shape index (κ2) is 8.49. The minimum absolute atomic E-state index is 0.0488. The number of ether oxygens (including phenoxy) is 1. The fourth-order valence-corrected chi connectivity index (χ4v) is 3.07. The third-order valence-electron chi connectivity index (χ3n) is 3.82. The number of halogens is 1. The van der Waals surface area contributed by atoms with Crippen LogP contribution in [0.3, 0.4) is 0 Å². The molecule has 0 saturated heterocycles. The van der Waals surface area contributed by atoms with E-state index in [9.17, 15) is 19.7 Å². The van der Waals surface area contributed by atoms with Crippen molar-refractivity contribution in [1.29, 1.82) is 0 Å². The molecule has 0 aliphatic rings. The lowest BCUT2D eigenvalue weighted by Gasteiger charge is -2.11. The first-order valence-electron chi connectivity index (χ1n) is 8.09. The standard InChI is InChI=1S/C19H14BrN3O5/c20-18-15-7-2-1-4-12(15)8-9-16(18)28-11-17(24)21-22-19(25)13-5-3-6-14(10-13)23(26)27/h1-10H,11H2,(H,21,24)(H,22,25). The molecular formula is C19H14BrN3O5. The van der Waals surface area contributed by atoms with E-state index in [2.05, 4.69) is 26.8 Å². The molecule has 9 heteroatoms. The molecule has 8 nitrogen and oxygen atoms in total. The van der Waals surface area contributed by atoms with Crippen LogP contribution in [0.2, 0.25) is 0 Å². The fraction of sp³-hybridized carbons (Fsp3) is 0.0526. The van der Waals surface area contributed by atoms with Crippen molar-refractivity contribution in [3.8, 4) is 5.75 Å². The van der Waals surface area contributed by atoms with Gasteiger partial charge in [0.2, 0.25) is 0 Å². The summed E-state index contributed by atoms with van der Waals surface area (Å²) >= 11 is 3.46. The first-order chi connectivity index (χ1) is 13.5. The lowest BCUT2D eigenvalue weighted by molar-refractivity contribution is -0.384. The highest BCUT2D eigenvalue weighted by Crippen LogP contribution is 2.32. The maximum atomic E-state index is 12.0. The van der Waals surface area contributed by atoms with Crippen LogP contribution < -0.4 is 15.6 Å². The van der Waals surface area contributed by atoms with Crippen molar-refractivity contribution in [2.45, 2.75) is 0 Å². The number of fused-ring (bicyclic) bond motifs is 1. The number of nitrogens with zero attached hydrogens (tertiary/aromatic N) is 1. The molecule has 0 unspecified atom stereocenters. The Hall–Kier alpha value is -3.46. The van der Waals surface area contributed by atoms with Gasteiger partial charge in [-0.3, -0.25) is 30.6 Å². The summed E-state index contributed by atoms with van der Waals surface area (Å²) in [5, 5.41) is 12.7. The highest BCUT2D eigenvalue weighted by atomic mass is 79.9. The van der Waals surface area contributed by atoms with Crippen LogP contribution >= 0.6 is 15.9 Å². The zero-order valence-electron chi connectivity index (χ0n) is 14.3. The molecule has 0 heterocycles. The molecule has 0 spiro atoms. The number of nitro groups is 1. The Bertz CT molecular complexity index is 1070. The number of nitro benzene ring substituents is 1. The van der Waals surface area contributed by atoms with E-state index in [4.69, 9.17) is 4.74 Å². The van der Waals surface area contributed by atoms with E-state index in [0.717, 1.165) is 21.3 Å². The van der Waals surface area contributed by atoms with Crippen molar-refractivity contribution >= 4 is 44.2 Å². The summed E-state index contributed by atoms with van der Waals surface area (Å²) in [6.45, 7) is -0.327. The summed E-state index contributed by atoms with van der Waals surface area (Å²) in [7, 11) is 0. The second-order valence-corrected chi connectivity index (χ2v) is 6.49. The topological polar surface area (TPSA) is 111 Å². The molecule has 3 aromatic rings. The molecule has 142 valence electrons. The quantitative estimate of drug-likeness (QED) is 0.463. The van der Waals surface area contributed by atoms with E-state index in [-0.39, 0.29) is 17.9 Å². The number of amides is 2. The van der Waals surface area contributed by atoms with Crippen molar-refractivity contribution in [2.24, 2.45) is 0 Å². The van der Waals surface area contributed by atoms with Gasteiger partial charge in [-0.05, 0) is 38.8 Å². The number of carbonyl (C=O) groups is 2. The Kier molecular flexibility index (Phi) is 5.85. The first kappa shape index (κ1) is 19.3. The normalized spacial score (nSPS) is 10.3. The predicted octanol–water partition coefficient (Wildman–Crippen LogP) is 3.35. The highest BCUT2D eigenvalue weighted by molar-refractivity contribution is 9.10. The van der Waals surface area contributed by atoms with E-state index in [0.29, 0.717) is 5.75 Å². The van der Waals surface area contributed by atoms with E-state index >= 15 is 0 Å². The number of non-ortho nitro benzene ring substituents is 1. The maximum absolute atomic E-state index is 12.0. The monoisotopic (exact) mass is 443 g/mol. The molecule has 3 rings (SSSR count). The van der Waals surface area contributed by atoms with Gasteiger partial charge in [0.15, 0.2) is 6.61 Å². The van der Waals surface area contributed by atoms with Gasteiger partial charge >= 0.3 is 0 Å². The zero-order chi connectivity index (χ0) is 20.1. The highest BCUT2D eigenvalue weighted by Gasteiger charge is 2.13. The zero-order valence-corrected chi connectivity index (χ0v) is 15.9. The Morgan fingerprint density at radius 3 is 2.61 bits per heavy atom. The van der Waals surface area contributed by atoms with Crippen molar-refractivity contribution in [3.63, 3.8) is 0 Å². The molecule has 0 radical (unpaired) electrons. The van der Waals surface area contributed by atoms with Crippen molar-refractivity contribution in [1.82, 2.24) is 10.9 Å². The summed E-state index contributed by atoms with van der Waals surface area (Å²) < 4.78 is 6.22. The van der Waals surface area contributed by atoms with Gasteiger partial charge in [0, 0.05) is 17.7 Å². The average molecular weight is 444 g/mol. The molecule has 0 bridgehead atoms. The van der Waals surface area contributed by atoms with Gasteiger partial charge < -0.3 is 4.74 Å². The van der Waals surface area contributed by atoms with Gasteiger partial charge in [-0.15, -0.1) is 0 Å². The number of hydrogen-bond donors (Lipinski definition) is 2. The summed E-state index contributed by atoms with van der Waals surface area (Å²) in [6.07, 6.45) is 0. The number of nitrogens with one attached hydrogen (secondary N) is 2. The van der Waals surface area contributed by atoms with Crippen LogP contribution in [0.15, 0.2) is 65.1 Å². The first-order valence-corrected chi connectivity index (χ1v) is 8.88. The molecule has 0 aliphatic carbocycles. The number of hydrogen-bond acceptors (Lipinski definition) is 5. The molecule has 0 atom stereocenters. The number of carbonyl (C=O) groups excluding carboxylic acids is 2. The maximum Gasteiger partial charge on any atom is 0.276 e. The van der Waals surface area contributed by atoms with Gasteiger partial charge in [0.05, 0.1) is 9.40 Å². The van der Waals surface area contributed by atoms with E-state index in [1.54, 1.807) is 6.07 Å². The average Bonchev–Trinajstić information content (AvgIpc) is 2.71. The van der Waals surface area contributed by atoms with Crippen LogP contribution in [0.1, 0.15) is 10.4 Å². The smallest absolute Gasteiger partial charge is 0.276 e. The number of hydrazine groups is 1. The molecule has 0 aliphatic heterocycles. The number of benzene rings is 3. The predicted molar refractivity (Wildman–Crippen MR) is 106 cm³/mol. The molecule has 0 fully saturated rings. The molecule has 2 amide bonds. The summed E-state index contributed by atoms with van der Waals surface area (Å²) in [6, 6.07) is 16.5. The molecule has 0 saturated carbocycles. The lowest BCUT2D eigenvalue weighted by Crippen LogP contribution is -2.43. The number of rotatable bonds is 5. The van der Waals surface area contributed by atoms with Crippen LogP contribution in [0.4, 0.5) is 5.69 Å². The lowest BCUT2D eigenvalue weighted by atomic mass is 10.1. The molecule has 3 aromatic carbocycles. The van der Waals surface area contributed by atoms with E-state index in [1.165, 1.54) is 18.2 Å². The Balaban J connectivity index is 1.56. The van der Waals surface area contributed by atoms with Crippen molar-refractivity contribution in [2.75, 3.05) is 6.61 Å². The van der Waals surface area contributed by atoms with E-state index < -0.39 is 16.7 Å². The van der Waals surface area contributed by atoms with Gasteiger partial charge in [0.25, 0.3) is 17.5 Å². The van der Waals surface area contributed by atoms with Gasteiger partial charge in [0.1, 0.15) is 5.75 Å². The summed E-state index contributed by atoms with van der Waals surface area (Å²) in [4.78, 5) is 34.1. The molecule has 28 heavy (non-hydrogen) atoms. The minimum atomic E-state index is -0.677. The van der Waals surface area contributed by atoms with Gasteiger partial charge in [-0.1, -0.05) is 36.4 Å². The Labute approximate surface area is 167 Å². The van der Waals surface area contributed by atoms with Gasteiger partial charge in [-0.25, -0.2) is 0 Å². The summed E-state index contributed by atoms with van der Waals surface area (Å²) in [5.41, 5.74) is 4.23. The van der Waals surface area contributed by atoms with Crippen molar-refractivity contribution < 1.29 is 19.2 Å². The van der Waals surface area contributed by atoms with Crippen molar-refractivity contribution in [3.05, 3.63) is 80.8 Å². The van der Waals surface area contributed by atoms with Crippen LogP contribution in [-0.2, 0) is 4.79 Å². The van der Waals surface area contributed by atoms with Gasteiger partial charge in [-0.2, -0.15) is 0 Å². The van der Waals surface area contributed by atoms with E-state index in [1.807, 2.05) is 30.3 Å².